The molecule has 4 rings (SSSR count). The van der Waals surface area contributed by atoms with E-state index in [9.17, 15) is 9.59 Å². The molecule has 0 amide bonds. The number of Topliss-reactive ketones (excluding diaryl/α,β-unsaturated/α-hetero) is 2. The second-order valence-electron chi connectivity index (χ2n) is 5.85. The Morgan fingerprint density at radius 2 is 1.71 bits per heavy atom. The summed E-state index contributed by atoms with van der Waals surface area (Å²) in [4.78, 5) is 26.6. The molecule has 0 saturated heterocycles. The highest BCUT2D eigenvalue weighted by atomic mass is 32.1. The highest BCUT2D eigenvalue weighted by Gasteiger charge is 2.48. The first kappa shape index (κ1) is 14.8. The summed E-state index contributed by atoms with van der Waals surface area (Å²) in [5, 5.41) is 5.22. The minimum Gasteiger partial charge on any atom is -0.368 e. The standard InChI is InChI=1S/C20H15NO2S/c22-17(18-11-6-12-24-18)13-20(14-7-2-1-3-8-14)19(23)15-9-4-5-10-16(15)21-20/h1-12,21H,13H2. The fraction of sp³-hybridized carbons (Fsp3) is 0.100. The fourth-order valence-corrected chi connectivity index (χ4v) is 3.89. The molecule has 0 fully saturated rings. The lowest BCUT2D eigenvalue weighted by atomic mass is 9.81. The number of fused-ring (bicyclic) bond motifs is 1. The molecule has 0 aliphatic carbocycles. The number of hydrogen-bond donors (Lipinski definition) is 1. The quantitative estimate of drug-likeness (QED) is 0.714. The lowest BCUT2D eigenvalue weighted by molar-refractivity contribution is 0.0848. The van der Waals surface area contributed by atoms with E-state index in [4.69, 9.17) is 0 Å². The Kier molecular flexibility index (Phi) is 3.54. The van der Waals surface area contributed by atoms with Crippen molar-refractivity contribution in [1.82, 2.24) is 0 Å². The van der Waals surface area contributed by atoms with Crippen molar-refractivity contribution in [3.05, 3.63) is 88.1 Å². The molecule has 3 aromatic rings. The molecular formula is C20H15NO2S. The van der Waals surface area contributed by atoms with Crippen LogP contribution in [-0.4, -0.2) is 11.6 Å². The van der Waals surface area contributed by atoms with Gasteiger partial charge in [-0.25, -0.2) is 0 Å². The number of hydrogen-bond acceptors (Lipinski definition) is 4. The Hall–Kier alpha value is -2.72. The lowest BCUT2D eigenvalue weighted by Gasteiger charge is -2.28. The summed E-state index contributed by atoms with van der Waals surface area (Å²) >= 11 is 1.40. The van der Waals surface area contributed by atoms with Gasteiger partial charge in [0.25, 0.3) is 0 Å². The fourth-order valence-electron chi connectivity index (χ4n) is 3.22. The molecule has 1 aliphatic heterocycles. The largest absolute Gasteiger partial charge is 0.368 e. The number of benzene rings is 2. The monoisotopic (exact) mass is 333 g/mol. The highest BCUT2D eigenvalue weighted by molar-refractivity contribution is 7.12. The first-order valence-corrected chi connectivity index (χ1v) is 8.63. The van der Waals surface area contributed by atoms with E-state index < -0.39 is 5.54 Å². The van der Waals surface area contributed by atoms with Crippen LogP contribution in [0, 0.1) is 0 Å². The van der Waals surface area contributed by atoms with E-state index in [-0.39, 0.29) is 18.0 Å². The Labute approximate surface area is 144 Å². The smallest absolute Gasteiger partial charge is 0.195 e. The van der Waals surface area contributed by atoms with Gasteiger partial charge in [-0.3, -0.25) is 9.59 Å². The van der Waals surface area contributed by atoms with Gasteiger partial charge in [0.1, 0.15) is 5.54 Å². The van der Waals surface area contributed by atoms with Crippen LogP contribution in [0.1, 0.15) is 32.0 Å². The zero-order valence-electron chi connectivity index (χ0n) is 12.9. The van der Waals surface area contributed by atoms with E-state index in [2.05, 4.69) is 5.32 Å². The van der Waals surface area contributed by atoms with Crippen LogP contribution >= 0.6 is 11.3 Å². The SMILES string of the molecule is O=C(CC1(c2ccccc2)Nc2ccccc2C1=O)c1cccs1. The number of anilines is 1. The van der Waals surface area contributed by atoms with Gasteiger partial charge >= 0.3 is 0 Å². The van der Waals surface area contributed by atoms with E-state index >= 15 is 0 Å². The summed E-state index contributed by atoms with van der Waals surface area (Å²) in [5.74, 6) is -0.0725. The Balaban J connectivity index is 1.81. The third kappa shape index (κ3) is 2.27. The summed E-state index contributed by atoms with van der Waals surface area (Å²) < 4.78 is 0. The number of carbonyl (C=O) groups is 2. The average Bonchev–Trinajstić information content (AvgIpc) is 3.24. The Morgan fingerprint density at radius 1 is 0.958 bits per heavy atom. The predicted molar refractivity (Wildman–Crippen MR) is 95.8 cm³/mol. The molecule has 0 radical (unpaired) electrons. The molecule has 0 spiro atoms. The maximum Gasteiger partial charge on any atom is 0.195 e. The van der Waals surface area contributed by atoms with Crippen molar-refractivity contribution in [1.29, 1.82) is 0 Å². The molecule has 1 unspecified atom stereocenters. The Bertz CT molecular complexity index is 902. The number of carbonyl (C=O) groups excluding carboxylic acids is 2. The molecule has 0 saturated carbocycles. The van der Waals surface area contributed by atoms with Crippen molar-refractivity contribution < 1.29 is 9.59 Å². The van der Waals surface area contributed by atoms with Gasteiger partial charge in [0, 0.05) is 17.7 Å². The van der Waals surface area contributed by atoms with Gasteiger partial charge in [-0.2, -0.15) is 0 Å². The van der Waals surface area contributed by atoms with Gasteiger partial charge in [0.15, 0.2) is 11.6 Å². The summed E-state index contributed by atoms with van der Waals surface area (Å²) in [6, 6.07) is 20.6. The van der Waals surface area contributed by atoms with Crippen LogP contribution in [0.2, 0.25) is 0 Å². The summed E-state index contributed by atoms with van der Waals surface area (Å²) in [5.41, 5.74) is 1.20. The van der Waals surface area contributed by atoms with Gasteiger partial charge in [0.2, 0.25) is 0 Å². The normalized spacial score (nSPS) is 18.9. The molecule has 1 atom stereocenters. The maximum atomic E-state index is 13.2. The minimum atomic E-state index is -1.04. The van der Waals surface area contributed by atoms with E-state index in [0.717, 1.165) is 11.3 Å². The molecule has 2 aromatic carbocycles. The second kappa shape index (κ2) is 5.73. The molecule has 1 aromatic heterocycles. The minimum absolute atomic E-state index is 0.0255. The number of para-hydroxylation sites is 1. The van der Waals surface area contributed by atoms with Crippen LogP contribution in [0.4, 0.5) is 5.69 Å². The van der Waals surface area contributed by atoms with Crippen LogP contribution in [-0.2, 0) is 5.54 Å². The first-order chi connectivity index (χ1) is 11.7. The van der Waals surface area contributed by atoms with Gasteiger partial charge in [-0.15, -0.1) is 11.3 Å². The van der Waals surface area contributed by atoms with E-state index in [1.807, 2.05) is 66.0 Å². The third-order valence-corrected chi connectivity index (χ3v) is 5.31. The molecule has 24 heavy (non-hydrogen) atoms. The van der Waals surface area contributed by atoms with Gasteiger partial charge in [0.05, 0.1) is 4.88 Å². The topological polar surface area (TPSA) is 46.2 Å². The summed E-state index contributed by atoms with van der Waals surface area (Å²) in [6.45, 7) is 0. The van der Waals surface area contributed by atoms with E-state index in [1.165, 1.54) is 11.3 Å². The van der Waals surface area contributed by atoms with Gasteiger partial charge < -0.3 is 5.32 Å². The molecule has 1 N–H and O–H groups in total. The van der Waals surface area contributed by atoms with Crippen molar-refractivity contribution in [3.8, 4) is 0 Å². The second-order valence-corrected chi connectivity index (χ2v) is 6.80. The third-order valence-electron chi connectivity index (χ3n) is 4.40. The average molecular weight is 333 g/mol. The zero-order chi connectivity index (χ0) is 16.6. The van der Waals surface area contributed by atoms with Crippen LogP contribution in [0.3, 0.4) is 0 Å². The predicted octanol–water partition coefficient (Wildman–Crippen LogP) is 4.52. The maximum absolute atomic E-state index is 13.2. The number of nitrogens with one attached hydrogen (secondary N) is 1. The van der Waals surface area contributed by atoms with Crippen molar-refractivity contribution in [2.75, 3.05) is 5.32 Å². The molecule has 1 aliphatic rings. The van der Waals surface area contributed by atoms with Crippen molar-refractivity contribution in [2.45, 2.75) is 12.0 Å². The van der Waals surface area contributed by atoms with E-state index in [0.29, 0.717) is 10.4 Å². The van der Waals surface area contributed by atoms with Crippen LogP contribution in [0.5, 0.6) is 0 Å². The van der Waals surface area contributed by atoms with Crippen LogP contribution in [0.25, 0.3) is 0 Å². The lowest BCUT2D eigenvalue weighted by Crippen LogP contribution is -2.40. The van der Waals surface area contributed by atoms with Gasteiger partial charge in [-0.1, -0.05) is 48.5 Å². The van der Waals surface area contributed by atoms with Crippen molar-refractivity contribution in [2.24, 2.45) is 0 Å². The van der Waals surface area contributed by atoms with Crippen molar-refractivity contribution in [3.63, 3.8) is 0 Å². The first-order valence-electron chi connectivity index (χ1n) is 7.75. The molecule has 0 bridgehead atoms. The van der Waals surface area contributed by atoms with Crippen LogP contribution < -0.4 is 5.32 Å². The summed E-state index contributed by atoms with van der Waals surface area (Å²) in [6.07, 6.45) is 0.102. The molecule has 3 nitrogen and oxygen atoms in total. The number of ketones is 2. The highest BCUT2D eigenvalue weighted by Crippen LogP contribution is 2.42. The zero-order valence-corrected chi connectivity index (χ0v) is 13.7. The molecule has 118 valence electrons. The van der Waals surface area contributed by atoms with Crippen LogP contribution in [0.15, 0.2) is 72.1 Å². The molecular weight excluding hydrogens is 318 g/mol. The number of rotatable bonds is 4. The Morgan fingerprint density at radius 3 is 2.42 bits per heavy atom. The van der Waals surface area contributed by atoms with Crippen molar-refractivity contribution >= 4 is 28.6 Å². The number of thiophene rings is 1. The molecule has 4 heteroatoms. The van der Waals surface area contributed by atoms with E-state index in [1.54, 1.807) is 6.07 Å². The summed E-state index contributed by atoms with van der Waals surface area (Å²) in [7, 11) is 0. The van der Waals surface area contributed by atoms with Gasteiger partial charge in [-0.05, 0) is 29.1 Å². The molecule has 2 heterocycles.